The normalized spacial score (nSPS) is 10.3. The second kappa shape index (κ2) is 6.69. The van der Waals surface area contributed by atoms with E-state index in [9.17, 15) is 4.79 Å². The Morgan fingerprint density at radius 2 is 2.09 bits per heavy atom. The van der Waals surface area contributed by atoms with Crippen molar-refractivity contribution in [3.63, 3.8) is 0 Å². The van der Waals surface area contributed by atoms with E-state index in [1.807, 2.05) is 18.2 Å². The molecule has 116 valence electrons. The van der Waals surface area contributed by atoms with Crippen molar-refractivity contribution >= 4 is 5.91 Å². The number of nitrogens with one attached hydrogen (secondary N) is 1. The topological polar surface area (TPSA) is 81.9 Å². The van der Waals surface area contributed by atoms with Crippen LogP contribution in [0.3, 0.4) is 0 Å². The number of carbonyl (C=O) groups is 1. The van der Waals surface area contributed by atoms with Gasteiger partial charge in [-0.1, -0.05) is 0 Å². The maximum absolute atomic E-state index is 12.2. The summed E-state index contributed by atoms with van der Waals surface area (Å²) in [6.45, 7) is 0.405. The van der Waals surface area contributed by atoms with Crippen LogP contribution in [0.25, 0.3) is 5.69 Å². The number of aromatic nitrogens is 4. The molecule has 0 saturated carbocycles. The number of amides is 1. The van der Waals surface area contributed by atoms with Gasteiger partial charge in [0.15, 0.2) is 0 Å². The molecule has 0 aliphatic heterocycles. The molecule has 0 spiro atoms. The van der Waals surface area contributed by atoms with Crippen molar-refractivity contribution in [3.05, 3.63) is 66.4 Å². The summed E-state index contributed by atoms with van der Waals surface area (Å²) < 4.78 is 6.69. The van der Waals surface area contributed by atoms with Crippen molar-refractivity contribution in [2.75, 3.05) is 7.11 Å². The third kappa shape index (κ3) is 3.52. The lowest BCUT2D eigenvalue weighted by Gasteiger charge is -2.07. The lowest BCUT2D eigenvalue weighted by atomic mass is 10.2. The molecule has 2 heterocycles. The van der Waals surface area contributed by atoms with Crippen LogP contribution in [0.5, 0.6) is 5.88 Å². The number of nitrogens with zero attached hydrogens (tertiary/aromatic N) is 4. The Hall–Kier alpha value is -3.22. The number of carbonyl (C=O) groups excluding carboxylic acids is 1. The van der Waals surface area contributed by atoms with Crippen molar-refractivity contribution in [2.45, 2.75) is 6.54 Å². The Morgan fingerprint density at radius 1 is 1.26 bits per heavy atom. The molecule has 3 rings (SSSR count). The zero-order chi connectivity index (χ0) is 16.1. The van der Waals surface area contributed by atoms with Crippen LogP contribution in [0.1, 0.15) is 15.9 Å². The molecule has 0 aliphatic carbocycles. The lowest BCUT2D eigenvalue weighted by molar-refractivity contribution is 0.0951. The predicted octanol–water partition coefficient (Wildman–Crippen LogP) is 1.60. The molecule has 7 nitrogen and oxygen atoms in total. The first-order valence-electron chi connectivity index (χ1n) is 6.98. The molecular formula is C16H15N5O2. The number of pyridine rings is 1. The average Bonchev–Trinajstić information content (AvgIpc) is 3.14. The first-order chi connectivity index (χ1) is 11.3. The highest BCUT2D eigenvalue weighted by Crippen LogP contribution is 2.10. The molecule has 0 radical (unpaired) electrons. The third-order valence-electron chi connectivity index (χ3n) is 3.27. The SMILES string of the molecule is COc1cc(CNC(=O)c2ccc(-n3cncn3)cc2)ccn1. The van der Waals surface area contributed by atoms with E-state index in [0.717, 1.165) is 11.3 Å². The van der Waals surface area contributed by atoms with Gasteiger partial charge in [0.1, 0.15) is 12.7 Å². The van der Waals surface area contributed by atoms with E-state index in [2.05, 4.69) is 20.4 Å². The maximum atomic E-state index is 12.2. The second-order valence-corrected chi connectivity index (χ2v) is 4.78. The van der Waals surface area contributed by atoms with Gasteiger partial charge in [-0.3, -0.25) is 4.79 Å². The summed E-state index contributed by atoms with van der Waals surface area (Å²) in [5.74, 6) is 0.375. The Kier molecular flexibility index (Phi) is 4.28. The fraction of sp³-hybridized carbons (Fsp3) is 0.125. The van der Waals surface area contributed by atoms with Gasteiger partial charge in [0.05, 0.1) is 12.8 Å². The molecule has 0 saturated heterocycles. The minimum atomic E-state index is -0.147. The van der Waals surface area contributed by atoms with E-state index in [1.165, 1.54) is 6.33 Å². The quantitative estimate of drug-likeness (QED) is 0.774. The molecule has 0 aliphatic rings. The van der Waals surface area contributed by atoms with E-state index in [4.69, 9.17) is 4.74 Å². The van der Waals surface area contributed by atoms with Crippen molar-refractivity contribution in [3.8, 4) is 11.6 Å². The summed E-state index contributed by atoms with van der Waals surface area (Å²) in [7, 11) is 1.56. The van der Waals surface area contributed by atoms with Crippen LogP contribution in [0.4, 0.5) is 0 Å². The van der Waals surface area contributed by atoms with Crippen LogP contribution in [0.15, 0.2) is 55.2 Å². The summed E-state index contributed by atoms with van der Waals surface area (Å²) in [5.41, 5.74) is 2.34. The molecular weight excluding hydrogens is 294 g/mol. The van der Waals surface area contributed by atoms with Crippen LogP contribution in [0, 0.1) is 0 Å². The van der Waals surface area contributed by atoms with Gasteiger partial charge >= 0.3 is 0 Å². The van der Waals surface area contributed by atoms with Crippen LogP contribution in [-0.2, 0) is 6.54 Å². The number of ether oxygens (including phenoxy) is 1. The van der Waals surface area contributed by atoms with Crippen molar-refractivity contribution in [1.82, 2.24) is 25.1 Å². The summed E-state index contributed by atoms with van der Waals surface area (Å²) in [6, 6.07) is 10.8. The summed E-state index contributed by atoms with van der Waals surface area (Å²) in [4.78, 5) is 20.1. The molecule has 0 fully saturated rings. The van der Waals surface area contributed by atoms with Crippen molar-refractivity contribution in [1.29, 1.82) is 0 Å². The zero-order valence-electron chi connectivity index (χ0n) is 12.5. The van der Waals surface area contributed by atoms with Gasteiger partial charge in [-0.2, -0.15) is 5.10 Å². The van der Waals surface area contributed by atoms with E-state index in [1.54, 1.807) is 42.5 Å². The van der Waals surface area contributed by atoms with Crippen molar-refractivity contribution < 1.29 is 9.53 Å². The fourth-order valence-corrected chi connectivity index (χ4v) is 2.06. The average molecular weight is 309 g/mol. The van der Waals surface area contributed by atoms with Gasteiger partial charge in [0.25, 0.3) is 5.91 Å². The number of hydrogen-bond acceptors (Lipinski definition) is 5. The molecule has 23 heavy (non-hydrogen) atoms. The number of hydrogen-bond donors (Lipinski definition) is 1. The van der Waals surface area contributed by atoms with Gasteiger partial charge in [-0.25, -0.2) is 14.6 Å². The fourth-order valence-electron chi connectivity index (χ4n) is 2.06. The Balaban J connectivity index is 1.64. The molecule has 0 atom stereocenters. The van der Waals surface area contributed by atoms with Gasteiger partial charge in [-0.05, 0) is 35.9 Å². The smallest absolute Gasteiger partial charge is 0.251 e. The van der Waals surface area contributed by atoms with Crippen LogP contribution < -0.4 is 10.1 Å². The third-order valence-corrected chi connectivity index (χ3v) is 3.27. The first kappa shape index (κ1) is 14.7. The predicted molar refractivity (Wildman–Crippen MR) is 83.3 cm³/mol. The highest BCUT2D eigenvalue weighted by molar-refractivity contribution is 5.94. The zero-order valence-corrected chi connectivity index (χ0v) is 12.5. The molecule has 0 unspecified atom stereocenters. The number of rotatable bonds is 5. The van der Waals surface area contributed by atoms with Gasteiger partial charge in [-0.15, -0.1) is 0 Å². The Bertz CT molecular complexity index is 784. The molecule has 7 heteroatoms. The minimum absolute atomic E-state index is 0.147. The largest absolute Gasteiger partial charge is 0.481 e. The molecule has 0 bridgehead atoms. The van der Waals surface area contributed by atoms with Crippen LogP contribution >= 0.6 is 0 Å². The van der Waals surface area contributed by atoms with Crippen LogP contribution in [0.2, 0.25) is 0 Å². The Labute approximate surface area is 133 Å². The molecule has 2 aromatic heterocycles. The van der Waals surface area contributed by atoms with Gasteiger partial charge in [0, 0.05) is 24.4 Å². The molecule has 1 N–H and O–H groups in total. The van der Waals surface area contributed by atoms with Crippen LogP contribution in [-0.4, -0.2) is 32.8 Å². The lowest BCUT2D eigenvalue weighted by Crippen LogP contribution is -2.22. The Morgan fingerprint density at radius 3 is 2.78 bits per heavy atom. The highest BCUT2D eigenvalue weighted by Gasteiger charge is 2.06. The van der Waals surface area contributed by atoms with E-state index in [-0.39, 0.29) is 5.91 Å². The monoisotopic (exact) mass is 309 g/mol. The van der Waals surface area contributed by atoms with E-state index < -0.39 is 0 Å². The van der Waals surface area contributed by atoms with E-state index in [0.29, 0.717) is 18.0 Å². The maximum Gasteiger partial charge on any atom is 0.251 e. The van der Waals surface area contributed by atoms with Gasteiger partial charge < -0.3 is 10.1 Å². The minimum Gasteiger partial charge on any atom is -0.481 e. The summed E-state index contributed by atoms with van der Waals surface area (Å²) >= 11 is 0. The summed E-state index contributed by atoms with van der Waals surface area (Å²) in [5, 5.41) is 6.90. The molecule has 1 amide bonds. The standard InChI is InChI=1S/C16H15N5O2/c1-23-15-8-12(6-7-18-15)9-19-16(22)13-2-4-14(5-3-13)21-11-17-10-20-21/h2-8,10-11H,9H2,1H3,(H,19,22). The van der Waals surface area contributed by atoms with E-state index >= 15 is 0 Å². The number of benzene rings is 1. The summed E-state index contributed by atoms with van der Waals surface area (Å²) in [6.07, 6.45) is 4.71. The number of methoxy groups -OCH3 is 1. The molecule has 1 aromatic carbocycles. The molecule has 3 aromatic rings. The highest BCUT2D eigenvalue weighted by atomic mass is 16.5. The first-order valence-corrected chi connectivity index (χ1v) is 6.98. The van der Waals surface area contributed by atoms with Crippen molar-refractivity contribution in [2.24, 2.45) is 0 Å². The van der Waals surface area contributed by atoms with Gasteiger partial charge in [0.2, 0.25) is 5.88 Å². The second-order valence-electron chi connectivity index (χ2n) is 4.78.